The normalized spacial score (nSPS) is 17.3. The molecule has 0 aliphatic carbocycles. The highest BCUT2D eigenvalue weighted by Crippen LogP contribution is 2.29. The Morgan fingerprint density at radius 1 is 0.875 bits per heavy atom. The average Bonchev–Trinajstić information content (AvgIpc) is 2.81. The van der Waals surface area contributed by atoms with Crippen molar-refractivity contribution < 1.29 is 28.6 Å². The van der Waals surface area contributed by atoms with Gasteiger partial charge in [-0.2, -0.15) is 0 Å². The standard InChI is InChI=1S/C23H31N3O6/c1-23(2,3)22(29)25-12-10-24(11-13-25)16-6-8-17(9-7-16)26-15-32-14-18(20(27)30-4)19(26)21(28)31-5/h6-9H,10-15H2,1-5H3. The van der Waals surface area contributed by atoms with Gasteiger partial charge in [0.15, 0.2) is 0 Å². The Morgan fingerprint density at radius 2 is 1.44 bits per heavy atom. The van der Waals surface area contributed by atoms with Crippen LogP contribution in [-0.4, -0.2) is 76.5 Å². The van der Waals surface area contributed by atoms with Gasteiger partial charge in [0.05, 0.1) is 26.4 Å². The van der Waals surface area contributed by atoms with Gasteiger partial charge < -0.3 is 28.9 Å². The number of amides is 1. The molecule has 0 bridgehead atoms. The first-order chi connectivity index (χ1) is 15.2. The summed E-state index contributed by atoms with van der Waals surface area (Å²) in [6.45, 7) is 8.74. The number of methoxy groups -OCH3 is 2. The minimum Gasteiger partial charge on any atom is -0.466 e. The van der Waals surface area contributed by atoms with Gasteiger partial charge in [-0.1, -0.05) is 20.8 Å². The number of hydrogen-bond acceptors (Lipinski definition) is 8. The Hall–Kier alpha value is -3.07. The number of hydrogen-bond donors (Lipinski definition) is 0. The molecule has 0 aromatic heterocycles. The van der Waals surface area contributed by atoms with Crippen LogP contribution in [0.5, 0.6) is 0 Å². The first kappa shape index (κ1) is 23.6. The molecular weight excluding hydrogens is 414 g/mol. The molecule has 1 fully saturated rings. The molecule has 0 unspecified atom stereocenters. The fourth-order valence-electron chi connectivity index (χ4n) is 3.83. The largest absolute Gasteiger partial charge is 0.466 e. The predicted octanol–water partition coefficient (Wildman–Crippen LogP) is 1.78. The fraction of sp³-hybridized carbons (Fsp3) is 0.522. The molecule has 1 aromatic rings. The minimum atomic E-state index is -0.630. The van der Waals surface area contributed by atoms with Crippen molar-refractivity contribution in [3.63, 3.8) is 0 Å². The summed E-state index contributed by atoms with van der Waals surface area (Å²) in [5.41, 5.74) is 1.57. The summed E-state index contributed by atoms with van der Waals surface area (Å²) in [5.74, 6) is -1.09. The number of rotatable bonds is 4. The topological polar surface area (TPSA) is 88.6 Å². The molecule has 174 valence electrons. The first-order valence-corrected chi connectivity index (χ1v) is 10.6. The van der Waals surface area contributed by atoms with Gasteiger partial charge >= 0.3 is 11.9 Å². The number of anilines is 2. The van der Waals surface area contributed by atoms with Gasteiger partial charge in [0.2, 0.25) is 5.91 Å². The number of benzene rings is 1. The molecule has 0 radical (unpaired) electrons. The van der Waals surface area contributed by atoms with Gasteiger partial charge in [0.25, 0.3) is 0 Å². The van der Waals surface area contributed by atoms with Crippen LogP contribution in [0.1, 0.15) is 20.8 Å². The lowest BCUT2D eigenvalue weighted by Crippen LogP contribution is -2.51. The van der Waals surface area contributed by atoms with Gasteiger partial charge in [-0.3, -0.25) is 4.79 Å². The highest BCUT2D eigenvalue weighted by Gasteiger charge is 2.33. The zero-order valence-electron chi connectivity index (χ0n) is 19.3. The molecule has 0 saturated carbocycles. The maximum Gasteiger partial charge on any atom is 0.355 e. The summed E-state index contributed by atoms with van der Waals surface area (Å²) in [6.07, 6.45) is 0. The van der Waals surface area contributed by atoms with Gasteiger partial charge in [0.1, 0.15) is 12.4 Å². The molecule has 1 saturated heterocycles. The summed E-state index contributed by atoms with van der Waals surface area (Å²) in [6, 6.07) is 7.65. The van der Waals surface area contributed by atoms with Crippen molar-refractivity contribution in [1.82, 2.24) is 4.90 Å². The Morgan fingerprint density at radius 3 is 1.97 bits per heavy atom. The number of piperazine rings is 1. The van der Waals surface area contributed by atoms with E-state index in [4.69, 9.17) is 14.2 Å². The molecule has 0 N–H and O–H groups in total. The van der Waals surface area contributed by atoms with Crippen molar-refractivity contribution in [2.45, 2.75) is 20.8 Å². The fourth-order valence-corrected chi connectivity index (χ4v) is 3.83. The predicted molar refractivity (Wildman–Crippen MR) is 119 cm³/mol. The monoisotopic (exact) mass is 445 g/mol. The minimum absolute atomic E-state index is 0.0245. The molecule has 1 amide bonds. The van der Waals surface area contributed by atoms with Crippen molar-refractivity contribution in [2.75, 3.05) is 63.5 Å². The second-order valence-corrected chi connectivity index (χ2v) is 8.76. The van der Waals surface area contributed by atoms with E-state index in [9.17, 15) is 14.4 Å². The van der Waals surface area contributed by atoms with E-state index in [-0.39, 0.29) is 35.9 Å². The molecule has 0 spiro atoms. The van der Waals surface area contributed by atoms with Crippen molar-refractivity contribution >= 4 is 29.2 Å². The molecule has 9 heteroatoms. The Labute approximate surface area is 188 Å². The quantitative estimate of drug-likeness (QED) is 0.648. The SMILES string of the molecule is COC(=O)C1=C(C(=O)OC)N(c2ccc(N3CCN(C(=O)C(C)(C)C)CC3)cc2)COC1. The van der Waals surface area contributed by atoms with E-state index >= 15 is 0 Å². The van der Waals surface area contributed by atoms with Crippen LogP contribution in [0, 0.1) is 5.41 Å². The van der Waals surface area contributed by atoms with Gasteiger partial charge in [0, 0.05) is 43.0 Å². The van der Waals surface area contributed by atoms with E-state index in [2.05, 4.69) is 4.90 Å². The number of esters is 2. The van der Waals surface area contributed by atoms with Crippen molar-refractivity contribution in [2.24, 2.45) is 5.41 Å². The van der Waals surface area contributed by atoms with Crippen LogP contribution in [0.4, 0.5) is 11.4 Å². The van der Waals surface area contributed by atoms with Crippen LogP contribution in [-0.2, 0) is 28.6 Å². The maximum atomic E-state index is 12.5. The Kier molecular flexibility index (Phi) is 7.08. The van der Waals surface area contributed by atoms with E-state index in [1.54, 1.807) is 4.90 Å². The summed E-state index contributed by atoms with van der Waals surface area (Å²) in [4.78, 5) is 42.8. The third-order valence-electron chi connectivity index (χ3n) is 5.57. The second-order valence-electron chi connectivity index (χ2n) is 8.76. The Bertz CT molecular complexity index is 895. The second kappa shape index (κ2) is 9.60. The van der Waals surface area contributed by atoms with Crippen LogP contribution in [0.3, 0.4) is 0 Å². The van der Waals surface area contributed by atoms with Crippen LogP contribution in [0.2, 0.25) is 0 Å². The molecule has 2 heterocycles. The van der Waals surface area contributed by atoms with Crippen LogP contribution >= 0.6 is 0 Å². The van der Waals surface area contributed by atoms with E-state index in [1.165, 1.54) is 14.2 Å². The van der Waals surface area contributed by atoms with Gasteiger partial charge in [-0.15, -0.1) is 0 Å². The summed E-state index contributed by atoms with van der Waals surface area (Å²) < 4.78 is 15.2. The highest BCUT2D eigenvalue weighted by molar-refractivity contribution is 6.03. The number of nitrogens with zero attached hydrogens (tertiary/aromatic N) is 3. The average molecular weight is 446 g/mol. The van der Waals surface area contributed by atoms with Crippen LogP contribution in [0.25, 0.3) is 0 Å². The van der Waals surface area contributed by atoms with Gasteiger partial charge in [-0.05, 0) is 24.3 Å². The van der Waals surface area contributed by atoms with Crippen LogP contribution < -0.4 is 9.80 Å². The molecule has 3 rings (SSSR count). The number of carbonyl (C=O) groups is 3. The summed E-state index contributed by atoms with van der Waals surface area (Å²) in [5, 5.41) is 0. The molecule has 0 atom stereocenters. The summed E-state index contributed by atoms with van der Waals surface area (Å²) >= 11 is 0. The van der Waals surface area contributed by atoms with Crippen LogP contribution in [0.15, 0.2) is 35.5 Å². The van der Waals surface area contributed by atoms with E-state index in [1.807, 2.05) is 49.9 Å². The molecule has 32 heavy (non-hydrogen) atoms. The summed E-state index contributed by atoms with van der Waals surface area (Å²) in [7, 11) is 2.53. The zero-order chi connectivity index (χ0) is 23.5. The van der Waals surface area contributed by atoms with E-state index < -0.39 is 11.9 Å². The van der Waals surface area contributed by atoms with E-state index in [0.29, 0.717) is 18.8 Å². The third kappa shape index (κ3) is 4.88. The molecule has 9 nitrogen and oxygen atoms in total. The lowest BCUT2D eigenvalue weighted by molar-refractivity contribution is -0.140. The highest BCUT2D eigenvalue weighted by atomic mass is 16.5. The third-order valence-corrected chi connectivity index (χ3v) is 5.57. The molecule has 2 aliphatic rings. The molecular formula is C23H31N3O6. The lowest BCUT2D eigenvalue weighted by Gasteiger charge is -2.39. The van der Waals surface area contributed by atoms with Gasteiger partial charge in [-0.25, -0.2) is 9.59 Å². The van der Waals surface area contributed by atoms with Crippen molar-refractivity contribution in [1.29, 1.82) is 0 Å². The maximum absolute atomic E-state index is 12.5. The number of ether oxygens (including phenoxy) is 3. The van der Waals surface area contributed by atoms with Crippen molar-refractivity contribution in [3.8, 4) is 0 Å². The molecule has 2 aliphatic heterocycles. The Balaban J connectivity index is 1.76. The molecule has 1 aromatic carbocycles. The van der Waals surface area contributed by atoms with E-state index in [0.717, 1.165) is 18.8 Å². The van der Waals surface area contributed by atoms with Crippen molar-refractivity contribution in [3.05, 3.63) is 35.5 Å². The lowest BCUT2D eigenvalue weighted by atomic mass is 9.94. The zero-order valence-corrected chi connectivity index (χ0v) is 19.3. The first-order valence-electron chi connectivity index (χ1n) is 10.6. The number of carbonyl (C=O) groups excluding carboxylic acids is 3. The smallest absolute Gasteiger partial charge is 0.355 e.